The molecule has 1 radical (unpaired) electrons. The van der Waals surface area contributed by atoms with Crippen molar-refractivity contribution in [2.75, 3.05) is 0 Å². The third-order valence-corrected chi connectivity index (χ3v) is 12.7. The number of nitrogens with zero attached hydrogens (tertiary/aromatic N) is 2. The summed E-state index contributed by atoms with van der Waals surface area (Å²) in [7, 11) is 0. The summed E-state index contributed by atoms with van der Waals surface area (Å²) >= 11 is 1.66. The molecular weight excluding hydrogens is 856 g/mol. The number of rotatable bonds is 8. The van der Waals surface area contributed by atoms with E-state index in [0.717, 1.165) is 70.1 Å². The number of aliphatic hydroxyl groups is 1. The van der Waals surface area contributed by atoms with Gasteiger partial charge in [0.25, 0.3) is 0 Å². The Balaban J connectivity index is 0.000000335. The van der Waals surface area contributed by atoms with E-state index in [4.69, 9.17) is 4.98 Å². The Kier molecular flexibility index (Phi) is 13.2. The number of hydrogen-bond acceptors (Lipinski definition) is 5. The van der Waals surface area contributed by atoms with Gasteiger partial charge in [0.15, 0.2) is 5.78 Å². The number of hydrogen-bond donors (Lipinski definition) is 1. The fourth-order valence-corrected chi connectivity index (χ4v) is 9.69. The third-order valence-electron chi connectivity index (χ3n) is 11.5. The molecule has 0 atom stereocenters. The molecule has 4 nitrogen and oxygen atoms in total. The normalized spacial score (nSPS) is 15.4. The summed E-state index contributed by atoms with van der Waals surface area (Å²) in [6.07, 6.45) is 8.63. The summed E-state index contributed by atoms with van der Waals surface area (Å²) in [4.78, 5) is 21.2. The van der Waals surface area contributed by atoms with Crippen LogP contribution in [0.25, 0.3) is 42.3 Å². The van der Waals surface area contributed by atoms with E-state index in [2.05, 4.69) is 89.8 Å². The summed E-state index contributed by atoms with van der Waals surface area (Å²) in [5, 5.41) is 12.7. The number of carbonyl (C=O) groups excluding carboxylic acids is 1. The molecule has 0 spiro atoms. The maximum Gasteiger partial charge on any atom is 0.162 e. The van der Waals surface area contributed by atoms with Gasteiger partial charge in [-0.2, -0.15) is 0 Å². The van der Waals surface area contributed by atoms with Gasteiger partial charge in [0.2, 0.25) is 0 Å². The monoisotopic (exact) mass is 914 g/mol. The van der Waals surface area contributed by atoms with Crippen LogP contribution in [0, 0.1) is 30.6 Å². The van der Waals surface area contributed by atoms with E-state index in [1.54, 1.807) is 17.7 Å². The number of allylic oxidation sites excluding steroid dienone is 2. The van der Waals surface area contributed by atoms with Crippen LogP contribution in [0.1, 0.15) is 137 Å². The molecule has 287 valence electrons. The van der Waals surface area contributed by atoms with Crippen molar-refractivity contribution in [3.8, 4) is 11.3 Å². The van der Waals surface area contributed by atoms with Crippen LogP contribution in [0.5, 0.6) is 0 Å². The Morgan fingerprint density at radius 2 is 1.53 bits per heavy atom. The van der Waals surface area contributed by atoms with Crippen molar-refractivity contribution in [2.45, 2.75) is 138 Å². The second kappa shape index (κ2) is 16.4. The van der Waals surface area contributed by atoms with Gasteiger partial charge in [-0.05, 0) is 78.4 Å². The summed E-state index contributed by atoms with van der Waals surface area (Å²) < 4.78 is 18.2. The molecule has 0 amide bonds. The first-order valence-electron chi connectivity index (χ1n) is 19.2. The SMILES string of the molecule is CCC(CC)C(=O)/C=C(\O)C(CC)CC.Cc1c2c(c3sc4c(-c5[c-]c6ccccc6c(C(C)(C)C)c5)ncnc4c3c1F)C(C)(C)CCC2(C)C.[Ir]. The first kappa shape index (κ1) is 42.7. The van der Waals surface area contributed by atoms with Crippen molar-refractivity contribution < 1.29 is 34.4 Å². The molecule has 5 aromatic rings. The molecule has 0 aliphatic heterocycles. The molecule has 1 N–H and O–H groups in total. The van der Waals surface area contributed by atoms with E-state index in [9.17, 15) is 9.90 Å². The standard InChI is InChI=1S/C33H34FN2S.C13H24O2.Ir/c1-18-24-25(33(7,8)14-13-32(24,5)6)29-23(26(18)34)28-30(37-29)27(35-17-36-28)20-15-19-11-9-10-12-21(19)22(16-20)31(2,3)4;1-5-10(6-2)12(14)9-13(15)11(7-3)8-4;/h9-12,16-17H,13-14H2,1-8H3;9-11,14H,5-8H2,1-4H3;/q-1;;/b;12-9-;. The van der Waals surface area contributed by atoms with Crippen LogP contribution in [0.15, 0.2) is 48.5 Å². The van der Waals surface area contributed by atoms with Crippen LogP contribution in [0.4, 0.5) is 4.39 Å². The number of fused-ring (bicyclic) bond motifs is 6. The molecule has 0 unspecified atom stereocenters. The molecule has 2 heterocycles. The van der Waals surface area contributed by atoms with Crippen LogP contribution < -0.4 is 0 Å². The zero-order chi connectivity index (χ0) is 38.3. The van der Waals surface area contributed by atoms with Gasteiger partial charge >= 0.3 is 0 Å². The molecule has 1 aliphatic carbocycles. The maximum atomic E-state index is 16.2. The van der Waals surface area contributed by atoms with E-state index < -0.39 is 0 Å². The van der Waals surface area contributed by atoms with Crippen LogP contribution >= 0.6 is 11.3 Å². The third kappa shape index (κ3) is 8.19. The minimum atomic E-state index is -0.131. The van der Waals surface area contributed by atoms with E-state index in [0.29, 0.717) is 10.9 Å². The molecule has 3 aromatic carbocycles. The number of ketones is 1. The molecule has 0 bridgehead atoms. The Morgan fingerprint density at radius 3 is 2.11 bits per heavy atom. The Labute approximate surface area is 334 Å². The van der Waals surface area contributed by atoms with Crippen LogP contribution in [-0.4, -0.2) is 20.9 Å². The van der Waals surface area contributed by atoms with Crippen molar-refractivity contribution in [1.82, 2.24) is 9.97 Å². The topological polar surface area (TPSA) is 63.1 Å². The van der Waals surface area contributed by atoms with Gasteiger partial charge in [-0.3, -0.25) is 9.78 Å². The molecule has 0 saturated carbocycles. The Hall–Kier alpha value is -2.99. The number of aliphatic hydroxyl groups excluding tert-OH is 1. The van der Waals surface area contributed by atoms with Gasteiger partial charge in [-0.1, -0.05) is 105 Å². The number of thiophene rings is 1. The predicted octanol–water partition coefficient (Wildman–Crippen LogP) is 13.4. The quantitative estimate of drug-likeness (QED) is 0.0957. The van der Waals surface area contributed by atoms with E-state index in [1.165, 1.54) is 28.2 Å². The van der Waals surface area contributed by atoms with Crippen LogP contribution in [0.3, 0.4) is 0 Å². The second-order valence-corrected chi connectivity index (χ2v) is 18.1. The summed E-state index contributed by atoms with van der Waals surface area (Å²) in [6.45, 7) is 25.9. The number of halogens is 1. The Bertz CT molecular complexity index is 2150. The van der Waals surface area contributed by atoms with Crippen LogP contribution in [0.2, 0.25) is 0 Å². The average molecular weight is 914 g/mol. The molecule has 0 fully saturated rings. The van der Waals surface area contributed by atoms with Gasteiger partial charge in [0, 0.05) is 53.1 Å². The maximum absolute atomic E-state index is 16.2. The Morgan fingerprint density at radius 1 is 0.943 bits per heavy atom. The summed E-state index contributed by atoms with van der Waals surface area (Å²) in [5.74, 6) is 0.416. The smallest absolute Gasteiger partial charge is 0.162 e. The van der Waals surface area contributed by atoms with Crippen molar-refractivity contribution in [2.24, 2.45) is 11.8 Å². The minimum absolute atomic E-state index is 0. The van der Waals surface area contributed by atoms with Gasteiger partial charge in [0.05, 0.1) is 16.7 Å². The predicted molar refractivity (Wildman–Crippen MR) is 219 cm³/mol. The van der Waals surface area contributed by atoms with Crippen molar-refractivity contribution >= 4 is 48.2 Å². The molecule has 1 aliphatic rings. The minimum Gasteiger partial charge on any atom is -0.512 e. The van der Waals surface area contributed by atoms with Gasteiger partial charge in [0.1, 0.15) is 12.1 Å². The number of benzene rings is 3. The molecule has 0 saturated heterocycles. The van der Waals surface area contributed by atoms with Crippen molar-refractivity contribution in [3.05, 3.63) is 82.6 Å². The zero-order valence-corrected chi connectivity index (χ0v) is 37.0. The van der Waals surface area contributed by atoms with Crippen LogP contribution in [-0.2, 0) is 41.1 Å². The molecular formula is C46H58FIrN2O2S-. The molecule has 53 heavy (non-hydrogen) atoms. The second-order valence-electron chi connectivity index (χ2n) is 17.1. The molecule has 6 rings (SSSR count). The van der Waals surface area contributed by atoms with Crippen molar-refractivity contribution in [1.29, 1.82) is 0 Å². The fraction of sp³-hybridized carbons (Fsp3) is 0.500. The fourth-order valence-electron chi connectivity index (χ4n) is 8.20. The van der Waals surface area contributed by atoms with Gasteiger partial charge < -0.3 is 5.11 Å². The number of carbonyl (C=O) groups is 1. The largest absolute Gasteiger partial charge is 0.512 e. The first-order chi connectivity index (χ1) is 24.4. The molecule has 2 aromatic heterocycles. The number of aromatic nitrogens is 2. The van der Waals surface area contributed by atoms with E-state index in [1.807, 2.05) is 34.6 Å². The van der Waals surface area contributed by atoms with Crippen molar-refractivity contribution in [3.63, 3.8) is 0 Å². The summed E-state index contributed by atoms with van der Waals surface area (Å²) in [6, 6.07) is 14.3. The van der Waals surface area contributed by atoms with E-state index in [-0.39, 0.29) is 65.5 Å². The van der Waals surface area contributed by atoms with Gasteiger partial charge in [-0.15, -0.1) is 40.5 Å². The molecule has 7 heteroatoms. The van der Waals surface area contributed by atoms with E-state index >= 15 is 4.39 Å². The zero-order valence-electron chi connectivity index (χ0n) is 33.8. The average Bonchev–Trinajstić information content (AvgIpc) is 3.48. The summed E-state index contributed by atoms with van der Waals surface area (Å²) in [5.41, 5.74) is 6.84. The first-order valence-corrected chi connectivity index (χ1v) is 20.0. The van der Waals surface area contributed by atoms with Gasteiger partial charge in [-0.25, -0.2) is 9.37 Å².